The summed E-state index contributed by atoms with van der Waals surface area (Å²) in [5.41, 5.74) is 5.31. The molecule has 6 heteroatoms. The third kappa shape index (κ3) is 6.55. The van der Waals surface area contributed by atoms with Crippen LogP contribution in [-0.4, -0.2) is 23.3 Å². The number of thiophene rings is 1. The number of nitrogens with one attached hydrogen (secondary N) is 1. The second-order valence-corrected chi connectivity index (χ2v) is 7.63. The average molecular weight is 409 g/mol. The Hall–Kier alpha value is -2.96. The molecule has 1 heterocycles. The van der Waals surface area contributed by atoms with Crippen LogP contribution in [0.25, 0.3) is 11.1 Å². The fourth-order valence-electron chi connectivity index (χ4n) is 2.78. The topological polar surface area (TPSA) is 70.9 Å². The smallest absolute Gasteiger partial charge is 0.304 e. The number of oxime groups is 1. The molecule has 5 nitrogen and oxygen atoms in total. The van der Waals surface area contributed by atoms with Crippen LogP contribution in [0.15, 0.2) is 71.2 Å². The highest BCUT2D eigenvalue weighted by molar-refractivity contribution is 7.10. The highest BCUT2D eigenvalue weighted by Crippen LogP contribution is 2.25. The Kier molecular flexibility index (Phi) is 7.55. The fourth-order valence-corrected chi connectivity index (χ4v) is 3.57. The van der Waals surface area contributed by atoms with Gasteiger partial charge in [0.1, 0.15) is 0 Å². The molecule has 1 aromatic heterocycles. The maximum Gasteiger partial charge on any atom is 0.304 e. The van der Waals surface area contributed by atoms with Gasteiger partial charge in [0, 0.05) is 18.0 Å². The monoisotopic (exact) mass is 408 g/mol. The van der Waals surface area contributed by atoms with E-state index in [0.29, 0.717) is 19.7 Å². The summed E-state index contributed by atoms with van der Waals surface area (Å²) < 4.78 is 0. The standard InChI is InChI=1S/C23H24N2O3S/c1-17(19-9-7-18(8-10-19)14-24-12-11-23(26)27)25-28-15-22-13-21(16-29-22)20-5-3-2-4-6-20/h2-10,13,16,24H,11-12,14-15H2,1H3,(H,26,27)/b25-17+. The Morgan fingerprint density at radius 2 is 1.86 bits per heavy atom. The van der Waals surface area contributed by atoms with Crippen molar-refractivity contribution in [2.24, 2.45) is 5.16 Å². The largest absolute Gasteiger partial charge is 0.481 e. The van der Waals surface area contributed by atoms with Crippen molar-refractivity contribution >= 4 is 23.0 Å². The van der Waals surface area contributed by atoms with Crippen molar-refractivity contribution in [3.63, 3.8) is 0 Å². The molecule has 0 bridgehead atoms. The first kappa shape index (κ1) is 20.8. The van der Waals surface area contributed by atoms with Crippen molar-refractivity contribution in [1.82, 2.24) is 5.32 Å². The van der Waals surface area contributed by atoms with E-state index < -0.39 is 5.97 Å². The third-order valence-electron chi connectivity index (χ3n) is 4.39. The highest BCUT2D eigenvalue weighted by Gasteiger charge is 2.04. The molecule has 0 aliphatic carbocycles. The first-order chi connectivity index (χ1) is 14.1. The predicted octanol–water partition coefficient (Wildman–Crippen LogP) is 4.92. The van der Waals surface area contributed by atoms with Crippen LogP contribution in [-0.2, 0) is 22.8 Å². The van der Waals surface area contributed by atoms with Crippen LogP contribution in [0.3, 0.4) is 0 Å². The Balaban J connectivity index is 1.48. The van der Waals surface area contributed by atoms with E-state index in [9.17, 15) is 4.79 Å². The first-order valence-electron chi connectivity index (χ1n) is 9.43. The summed E-state index contributed by atoms with van der Waals surface area (Å²) >= 11 is 1.67. The Labute approximate surface area is 174 Å². The molecule has 2 aromatic carbocycles. The lowest BCUT2D eigenvalue weighted by Gasteiger charge is -2.05. The van der Waals surface area contributed by atoms with Crippen LogP contribution in [0.4, 0.5) is 0 Å². The highest BCUT2D eigenvalue weighted by atomic mass is 32.1. The molecule has 0 saturated heterocycles. The maximum absolute atomic E-state index is 10.5. The molecular formula is C23H24N2O3S. The van der Waals surface area contributed by atoms with Gasteiger partial charge in [0.2, 0.25) is 0 Å². The van der Waals surface area contributed by atoms with E-state index in [0.717, 1.165) is 21.7 Å². The SMILES string of the molecule is C/C(=N\OCc1cc(-c2ccccc2)cs1)c1ccc(CNCCC(=O)O)cc1. The zero-order chi connectivity index (χ0) is 20.5. The molecule has 0 aliphatic rings. The van der Waals surface area contributed by atoms with Crippen molar-refractivity contribution in [3.05, 3.63) is 82.0 Å². The summed E-state index contributed by atoms with van der Waals surface area (Å²) in [5.74, 6) is -0.793. The molecular weight excluding hydrogens is 384 g/mol. The summed E-state index contributed by atoms with van der Waals surface area (Å²) in [5, 5.41) is 18.1. The van der Waals surface area contributed by atoms with E-state index >= 15 is 0 Å². The molecule has 150 valence electrons. The maximum atomic E-state index is 10.5. The number of carboxylic acids is 1. The molecule has 29 heavy (non-hydrogen) atoms. The average Bonchev–Trinajstić information content (AvgIpc) is 3.21. The van der Waals surface area contributed by atoms with Crippen LogP contribution in [0.5, 0.6) is 0 Å². The van der Waals surface area contributed by atoms with E-state index in [4.69, 9.17) is 9.94 Å². The number of nitrogens with zero attached hydrogens (tertiary/aromatic N) is 1. The van der Waals surface area contributed by atoms with Gasteiger partial charge in [0.25, 0.3) is 0 Å². The number of carbonyl (C=O) groups is 1. The van der Waals surface area contributed by atoms with E-state index in [1.807, 2.05) is 49.4 Å². The van der Waals surface area contributed by atoms with Crippen molar-refractivity contribution in [1.29, 1.82) is 0 Å². The first-order valence-corrected chi connectivity index (χ1v) is 10.3. The van der Waals surface area contributed by atoms with Gasteiger partial charge in [-0.25, -0.2) is 0 Å². The molecule has 0 atom stereocenters. The summed E-state index contributed by atoms with van der Waals surface area (Å²) in [6.45, 7) is 3.47. The summed E-state index contributed by atoms with van der Waals surface area (Å²) in [6.07, 6.45) is 0.123. The lowest BCUT2D eigenvalue weighted by molar-refractivity contribution is -0.136. The quantitative estimate of drug-likeness (QED) is 0.284. The van der Waals surface area contributed by atoms with E-state index in [1.54, 1.807) is 11.3 Å². The van der Waals surface area contributed by atoms with Crippen LogP contribution in [0.2, 0.25) is 0 Å². The van der Waals surface area contributed by atoms with Crippen molar-refractivity contribution < 1.29 is 14.7 Å². The van der Waals surface area contributed by atoms with Gasteiger partial charge in [-0.2, -0.15) is 0 Å². The lowest BCUT2D eigenvalue weighted by Crippen LogP contribution is -2.17. The minimum Gasteiger partial charge on any atom is -0.481 e. The number of rotatable bonds is 10. The second-order valence-electron chi connectivity index (χ2n) is 6.64. The van der Waals surface area contributed by atoms with Crippen molar-refractivity contribution in [2.75, 3.05) is 6.54 Å². The Bertz CT molecular complexity index is 950. The summed E-state index contributed by atoms with van der Waals surface area (Å²) in [4.78, 5) is 17.2. The lowest BCUT2D eigenvalue weighted by atomic mass is 10.1. The Morgan fingerprint density at radius 1 is 1.10 bits per heavy atom. The van der Waals surface area contributed by atoms with Gasteiger partial charge in [-0.05, 0) is 40.6 Å². The molecule has 0 saturated carbocycles. The van der Waals surface area contributed by atoms with E-state index in [2.05, 4.69) is 34.1 Å². The second kappa shape index (κ2) is 10.5. The minimum absolute atomic E-state index is 0.123. The Morgan fingerprint density at radius 3 is 2.59 bits per heavy atom. The number of aliphatic carboxylic acids is 1. The van der Waals surface area contributed by atoms with E-state index in [-0.39, 0.29) is 6.42 Å². The minimum atomic E-state index is -0.793. The van der Waals surface area contributed by atoms with Crippen LogP contribution in [0.1, 0.15) is 29.3 Å². The summed E-state index contributed by atoms with van der Waals surface area (Å²) in [7, 11) is 0. The number of benzene rings is 2. The van der Waals surface area contributed by atoms with Crippen LogP contribution in [0, 0.1) is 0 Å². The molecule has 0 aliphatic heterocycles. The number of carboxylic acid groups (broad SMARTS) is 1. The molecule has 2 N–H and O–H groups in total. The van der Waals surface area contributed by atoms with Crippen molar-refractivity contribution in [2.45, 2.75) is 26.5 Å². The van der Waals surface area contributed by atoms with Crippen molar-refractivity contribution in [3.8, 4) is 11.1 Å². The number of hydrogen-bond acceptors (Lipinski definition) is 5. The number of hydrogen-bond donors (Lipinski definition) is 2. The van der Waals surface area contributed by atoms with Gasteiger partial charge in [0.15, 0.2) is 6.61 Å². The van der Waals surface area contributed by atoms with Crippen LogP contribution < -0.4 is 5.32 Å². The van der Waals surface area contributed by atoms with Gasteiger partial charge < -0.3 is 15.3 Å². The molecule has 3 aromatic rings. The fraction of sp³-hybridized carbons (Fsp3) is 0.217. The molecule has 3 rings (SSSR count). The molecule has 0 radical (unpaired) electrons. The normalized spacial score (nSPS) is 11.4. The van der Waals surface area contributed by atoms with Gasteiger partial charge in [0.05, 0.1) is 12.1 Å². The van der Waals surface area contributed by atoms with Gasteiger partial charge in [-0.15, -0.1) is 11.3 Å². The zero-order valence-electron chi connectivity index (χ0n) is 16.3. The van der Waals surface area contributed by atoms with Gasteiger partial charge in [-0.3, -0.25) is 4.79 Å². The predicted molar refractivity (Wildman–Crippen MR) is 117 cm³/mol. The molecule has 0 amide bonds. The molecule has 0 unspecified atom stereocenters. The molecule has 0 spiro atoms. The van der Waals surface area contributed by atoms with Gasteiger partial charge in [-0.1, -0.05) is 59.8 Å². The summed E-state index contributed by atoms with van der Waals surface area (Å²) in [6, 6.07) is 20.4. The van der Waals surface area contributed by atoms with E-state index in [1.165, 1.54) is 11.1 Å². The third-order valence-corrected chi connectivity index (χ3v) is 5.30. The van der Waals surface area contributed by atoms with Crippen LogP contribution >= 0.6 is 11.3 Å². The molecule has 0 fully saturated rings. The zero-order valence-corrected chi connectivity index (χ0v) is 17.1. The van der Waals surface area contributed by atoms with Gasteiger partial charge >= 0.3 is 5.97 Å².